The molecule has 0 saturated carbocycles. The Morgan fingerprint density at radius 3 is 1.39 bits per heavy atom. The fraction of sp³-hybridized carbons (Fsp3) is 0.333. The Morgan fingerprint density at radius 2 is 1.00 bits per heavy atom. The van der Waals surface area contributed by atoms with Crippen molar-refractivity contribution in [1.29, 1.82) is 0 Å². The van der Waals surface area contributed by atoms with Gasteiger partial charge in [0.05, 0.1) is 13.2 Å². The first-order chi connectivity index (χ1) is 18.7. The molecular weight excluding hydrogens is 464 g/mol. The number of fused-ring (bicyclic) bond motifs is 2. The van der Waals surface area contributed by atoms with Gasteiger partial charge in [-0.1, -0.05) is 114 Å². The summed E-state index contributed by atoms with van der Waals surface area (Å²) in [6, 6.07) is 21.7. The van der Waals surface area contributed by atoms with Crippen molar-refractivity contribution in [2.24, 2.45) is 0 Å². The first kappa shape index (κ1) is 27.5. The van der Waals surface area contributed by atoms with Gasteiger partial charge in [-0.25, -0.2) is 0 Å². The molecule has 0 unspecified atom stereocenters. The van der Waals surface area contributed by atoms with Crippen molar-refractivity contribution in [3.8, 4) is 22.6 Å². The highest BCUT2D eigenvalue weighted by Gasteiger charge is 2.19. The van der Waals surface area contributed by atoms with Crippen LogP contribution in [0, 0.1) is 0 Å². The van der Waals surface area contributed by atoms with Crippen LogP contribution in [0.3, 0.4) is 0 Å². The van der Waals surface area contributed by atoms with Crippen molar-refractivity contribution in [3.63, 3.8) is 0 Å². The number of rotatable bonds is 15. The maximum absolute atomic E-state index is 6.52. The number of benzene rings is 4. The van der Waals surface area contributed by atoms with Gasteiger partial charge in [-0.3, -0.25) is 0 Å². The van der Waals surface area contributed by atoms with E-state index in [9.17, 15) is 0 Å². The van der Waals surface area contributed by atoms with Gasteiger partial charge in [0.1, 0.15) is 11.5 Å². The summed E-state index contributed by atoms with van der Waals surface area (Å²) in [5.41, 5.74) is 4.43. The van der Waals surface area contributed by atoms with Crippen LogP contribution >= 0.6 is 0 Å². The molecule has 0 aromatic heterocycles. The lowest BCUT2D eigenvalue weighted by Gasteiger charge is -2.20. The minimum atomic E-state index is 0.710. The Kier molecular flexibility index (Phi) is 10.0. The average Bonchev–Trinajstić information content (AvgIpc) is 2.96. The van der Waals surface area contributed by atoms with Crippen molar-refractivity contribution >= 4 is 33.7 Å². The van der Waals surface area contributed by atoms with Gasteiger partial charge >= 0.3 is 0 Å². The van der Waals surface area contributed by atoms with E-state index in [1.807, 2.05) is 12.2 Å². The van der Waals surface area contributed by atoms with E-state index >= 15 is 0 Å². The zero-order valence-corrected chi connectivity index (χ0v) is 23.2. The standard InChI is InChI=1S/C36H42O2/c1-5-9-11-13-23-37-33-21-17-29-25-27(7-3)15-19-31(29)35(33)36-32-20-16-28(8-4)26-30(32)18-22-34(36)38-24-14-12-10-6-2/h7-8,15-22,25-26H,3-6,9-14,23-24H2,1-2H3. The average molecular weight is 507 g/mol. The molecule has 0 aliphatic carbocycles. The van der Waals surface area contributed by atoms with Crippen LogP contribution in [0.5, 0.6) is 11.5 Å². The summed E-state index contributed by atoms with van der Waals surface area (Å²) in [7, 11) is 0. The molecule has 0 aliphatic heterocycles. The molecule has 4 aromatic carbocycles. The fourth-order valence-corrected chi connectivity index (χ4v) is 5.09. The summed E-state index contributed by atoms with van der Waals surface area (Å²) in [6.07, 6.45) is 13.2. The quantitative estimate of drug-likeness (QED) is 0.149. The Morgan fingerprint density at radius 1 is 0.553 bits per heavy atom. The molecule has 4 aromatic rings. The minimum absolute atomic E-state index is 0.710. The van der Waals surface area contributed by atoms with Crippen molar-refractivity contribution < 1.29 is 9.47 Å². The summed E-state index contributed by atoms with van der Waals surface area (Å²) >= 11 is 0. The Balaban J connectivity index is 1.88. The van der Waals surface area contributed by atoms with Crippen LogP contribution < -0.4 is 9.47 Å². The molecule has 0 N–H and O–H groups in total. The van der Waals surface area contributed by atoms with Crippen LogP contribution in [0.15, 0.2) is 73.8 Å². The van der Waals surface area contributed by atoms with Gasteiger partial charge in [0.25, 0.3) is 0 Å². The van der Waals surface area contributed by atoms with Gasteiger partial charge in [0.2, 0.25) is 0 Å². The van der Waals surface area contributed by atoms with E-state index in [4.69, 9.17) is 9.47 Å². The van der Waals surface area contributed by atoms with Gasteiger partial charge < -0.3 is 9.47 Å². The second-order valence-corrected chi connectivity index (χ2v) is 10.1. The Hall–Kier alpha value is -3.52. The van der Waals surface area contributed by atoms with Crippen LogP contribution in [0.2, 0.25) is 0 Å². The topological polar surface area (TPSA) is 18.5 Å². The highest BCUT2D eigenvalue weighted by Crippen LogP contribution is 2.46. The molecule has 0 bridgehead atoms. The molecule has 0 heterocycles. The number of hydrogen-bond donors (Lipinski definition) is 0. The highest BCUT2D eigenvalue weighted by atomic mass is 16.5. The van der Waals surface area contributed by atoms with Gasteiger partial charge in [-0.05, 0) is 69.8 Å². The molecule has 0 atom stereocenters. The molecule has 0 spiro atoms. The minimum Gasteiger partial charge on any atom is -0.493 e. The fourth-order valence-electron chi connectivity index (χ4n) is 5.09. The molecule has 198 valence electrons. The molecule has 0 radical (unpaired) electrons. The van der Waals surface area contributed by atoms with Gasteiger partial charge in [0.15, 0.2) is 0 Å². The maximum atomic E-state index is 6.52. The largest absolute Gasteiger partial charge is 0.493 e. The Labute approximate surface area is 229 Å². The molecular formula is C36H42O2. The summed E-state index contributed by atoms with van der Waals surface area (Å²) in [5, 5.41) is 4.67. The zero-order chi connectivity index (χ0) is 26.7. The number of ether oxygens (including phenoxy) is 2. The SMILES string of the molecule is C=Cc1ccc2c(-c3c(OCCCCCC)ccc4cc(C=C)ccc34)c(OCCCCCC)ccc2c1. The maximum Gasteiger partial charge on any atom is 0.127 e. The predicted octanol–water partition coefficient (Wildman–Crippen LogP) is 10.9. The van der Waals surface area contributed by atoms with Crippen molar-refractivity contribution in [2.75, 3.05) is 13.2 Å². The van der Waals surface area contributed by atoms with Crippen molar-refractivity contribution in [3.05, 3.63) is 84.9 Å². The van der Waals surface area contributed by atoms with E-state index < -0.39 is 0 Å². The third-order valence-electron chi connectivity index (χ3n) is 7.24. The Bertz CT molecular complexity index is 1270. The molecule has 0 saturated heterocycles. The van der Waals surface area contributed by atoms with E-state index in [0.717, 1.165) is 57.4 Å². The second-order valence-electron chi connectivity index (χ2n) is 10.1. The summed E-state index contributed by atoms with van der Waals surface area (Å²) in [5.74, 6) is 1.83. The molecule has 38 heavy (non-hydrogen) atoms. The van der Waals surface area contributed by atoms with E-state index in [0.29, 0.717) is 13.2 Å². The normalized spacial score (nSPS) is 11.1. The molecule has 0 fully saturated rings. The van der Waals surface area contributed by atoms with E-state index in [1.165, 1.54) is 49.3 Å². The molecule has 0 amide bonds. The van der Waals surface area contributed by atoms with E-state index in [2.05, 4.69) is 87.7 Å². The lowest BCUT2D eigenvalue weighted by atomic mass is 9.91. The van der Waals surface area contributed by atoms with Gasteiger partial charge in [-0.2, -0.15) is 0 Å². The first-order valence-electron chi connectivity index (χ1n) is 14.3. The molecule has 2 nitrogen and oxygen atoms in total. The molecule has 4 rings (SSSR count). The zero-order valence-electron chi connectivity index (χ0n) is 23.2. The third kappa shape index (κ3) is 6.48. The summed E-state index contributed by atoms with van der Waals surface area (Å²) in [4.78, 5) is 0. The summed E-state index contributed by atoms with van der Waals surface area (Å²) < 4.78 is 13.0. The lowest BCUT2D eigenvalue weighted by Crippen LogP contribution is -2.03. The first-order valence-corrected chi connectivity index (χ1v) is 14.3. The predicted molar refractivity (Wildman–Crippen MR) is 166 cm³/mol. The molecule has 0 aliphatic rings. The monoisotopic (exact) mass is 506 g/mol. The number of hydrogen-bond acceptors (Lipinski definition) is 2. The van der Waals surface area contributed by atoms with Crippen LogP contribution in [-0.2, 0) is 0 Å². The molecule has 2 heteroatoms. The summed E-state index contributed by atoms with van der Waals surface area (Å²) in [6.45, 7) is 13.8. The van der Waals surface area contributed by atoms with Crippen molar-refractivity contribution in [2.45, 2.75) is 65.2 Å². The van der Waals surface area contributed by atoms with Crippen molar-refractivity contribution in [1.82, 2.24) is 0 Å². The smallest absolute Gasteiger partial charge is 0.127 e. The van der Waals surface area contributed by atoms with E-state index in [1.54, 1.807) is 0 Å². The van der Waals surface area contributed by atoms with Crippen LogP contribution in [0.1, 0.15) is 76.3 Å². The van der Waals surface area contributed by atoms with Gasteiger partial charge in [0, 0.05) is 11.1 Å². The van der Waals surface area contributed by atoms with Crippen LogP contribution in [0.4, 0.5) is 0 Å². The number of unbranched alkanes of at least 4 members (excludes halogenated alkanes) is 6. The van der Waals surface area contributed by atoms with Gasteiger partial charge in [-0.15, -0.1) is 0 Å². The third-order valence-corrected chi connectivity index (χ3v) is 7.24. The van der Waals surface area contributed by atoms with Crippen LogP contribution in [0.25, 0.3) is 44.8 Å². The highest BCUT2D eigenvalue weighted by molar-refractivity contribution is 6.10. The lowest BCUT2D eigenvalue weighted by molar-refractivity contribution is 0.302. The van der Waals surface area contributed by atoms with Crippen LogP contribution in [-0.4, -0.2) is 13.2 Å². The van der Waals surface area contributed by atoms with E-state index in [-0.39, 0.29) is 0 Å². The second kappa shape index (κ2) is 13.9.